The second-order valence-corrected chi connectivity index (χ2v) is 11.8. The van der Waals surface area contributed by atoms with E-state index in [0.29, 0.717) is 18.4 Å². The minimum atomic E-state index is -1.50. The third-order valence-electron chi connectivity index (χ3n) is 8.50. The Hall–Kier alpha value is -2.18. The summed E-state index contributed by atoms with van der Waals surface area (Å²) in [5.41, 5.74) is 1.25. The molecule has 1 aromatic carbocycles. The van der Waals surface area contributed by atoms with Gasteiger partial charge in [-0.25, -0.2) is 18.4 Å². The maximum Gasteiger partial charge on any atom is 0.340 e. The van der Waals surface area contributed by atoms with Crippen LogP contribution in [0.4, 0.5) is 8.78 Å². The lowest BCUT2D eigenvalue weighted by Crippen LogP contribution is -2.30. The van der Waals surface area contributed by atoms with E-state index in [-0.39, 0.29) is 25.0 Å². The van der Waals surface area contributed by atoms with Crippen LogP contribution in [0.3, 0.4) is 0 Å². The second-order valence-electron chi connectivity index (χ2n) is 11.8. The summed E-state index contributed by atoms with van der Waals surface area (Å²) in [6.07, 6.45) is 9.13. The molecule has 1 aromatic rings. The number of carbonyl (C=O) groups excluding carboxylic acids is 2. The summed E-state index contributed by atoms with van der Waals surface area (Å²) in [5.74, 6) is 0.250. The number of esters is 2. The highest BCUT2D eigenvalue weighted by Crippen LogP contribution is 2.35. The number of carbonyl (C=O) groups is 2. The van der Waals surface area contributed by atoms with Crippen molar-refractivity contribution in [2.24, 2.45) is 5.92 Å². The first-order valence-corrected chi connectivity index (χ1v) is 15.8. The van der Waals surface area contributed by atoms with Crippen molar-refractivity contribution in [2.45, 2.75) is 147 Å². The quantitative estimate of drug-likeness (QED) is 0.149. The molecular weight excluding hydrogens is 514 g/mol. The van der Waals surface area contributed by atoms with Crippen LogP contribution < -0.4 is 4.74 Å². The van der Waals surface area contributed by atoms with Crippen LogP contribution in [0.5, 0.6) is 5.75 Å². The lowest BCUT2D eigenvalue weighted by Gasteiger charge is -2.29. The van der Waals surface area contributed by atoms with E-state index >= 15 is 0 Å². The van der Waals surface area contributed by atoms with Crippen molar-refractivity contribution >= 4 is 11.9 Å². The predicted molar refractivity (Wildman–Crippen MR) is 153 cm³/mol. The van der Waals surface area contributed by atoms with E-state index in [1.165, 1.54) is 5.56 Å². The molecule has 5 nitrogen and oxygen atoms in total. The summed E-state index contributed by atoms with van der Waals surface area (Å²) in [7, 11) is 0. The molecule has 0 saturated heterocycles. The van der Waals surface area contributed by atoms with Crippen molar-refractivity contribution in [3.05, 3.63) is 29.8 Å². The maximum atomic E-state index is 14.1. The molecule has 7 heteroatoms. The molecule has 0 bridgehead atoms. The summed E-state index contributed by atoms with van der Waals surface area (Å²) in [5, 5.41) is 0. The normalized spacial score (nSPS) is 24.6. The fourth-order valence-electron chi connectivity index (χ4n) is 5.84. The molecule has 2 saturated carbocycles. The van der Waals surface area contributed by atoms with E-state index < -0.39 is 24.3 Å². The highest BCUT2D eigenvalue weighted by atomic mass is 19.1. The zero-order chi connectivity index (χ0) is 28.7. The van der Waals surface area contributed by atoms with Crippen molar-refractivity contribution in [3.8, 4) is 5.75 Å². The fourth-order valence-corrected chi connectivity index (χ4v) is 5.84. The number of hydrogen-bond acceptors (Lipinski definition) is 5. The highest BCUT2D eigenvalue weighted by molar-refractivity contribution is 5.75. The van der Waals surface area contributed by atoms with Crippen LogP contribution in [0.2, 0.25) is 0 Å². The molecule has 0 spiro atoms. The van der Waals surface area contributed by atoms with Crippen LogP contribution in [0.1, 0.15) is 128 Å². The first-order valence-electron chi connectivity index (χ1n) is 15.8. The molecule has 0 N–H and O–H groups in total. The molecule has 2 aliphatic rings. The second kappa shape index (κ2) is 17.6. The third-order valence-corrected chi connectivity index (χ3v) is 8.50. The molecule has 2 aliphatic carbocycles. The zero-order valence-corrected chi connectivity index (χ0v) is 24.6. The van der Waals surface area contributed by atoms with Crippen LogP contribution in [-0.4, -0.2) is 43.1 Å². The maximum absolute atomic E-state index is 14.1. The Kier molecular flexibility index (Phi) is 14.2. The molecule has 226 valence electrons. The molecule has 0 aliphatic heterocycles. The minimum absolute atomic E-state index is 0.182. The van der Waals surface area contributed by atoms with Gasteiger partial charge >= 0.3 is 11.9 Å². The van der Waals surface area contributed by atoms with Gasteiger partial charge in [-0.2, -0.15) is 0 Å². The Morgan fingerprint density at radius 3 is 1.68 bits per heavy atom. The Labute approximate surface area is 239 Å². The lowest BCUT2D eigenvalue weighted by atomic mass is 9.82. The van der Waals surface area contributed by atoms with Gasteiger partial charge in [0, 0.05) is 0 Å². The third kappa shape index (κ3) is 11.0. The van der Waals surface area contributed by atoms with Crippen LogP contribution >= 0.6 is 0 Å². The number of unbranched alkanes of at least 4 members (excludes halogenated alkanes) is 4. The van der Waals surface area contributed by atoms with Crippen molar-refractivity contribution in [3.63, 3.8) is 0 Å². The molecular formula is C33H50F2O5. The zero-order valence-electron chi connectivity index (χ0n) is 24.6. The van der Waals surface area contributed by atoms with E-state index in [1.807, 2.05) is 12.1 Å². The standard InChI is InChI=1S/C33H50F2O5/c1-3-5-7-9-30(34)32(36)39-28-17-11-24(12-18-28)23-38-27-19-13-25(14-20-27)26-15-21-29(22-16-26)40-33(37)31(35)10-8-6-4-2/h13-14,19-20,24,26,28-31H,3-12,15-18,21-23H2,1-2H3/t24-,26-,28-,29-,30-,31-/m0/s1. The molecule has 3 rings (SSSR count). The Balaban J connectivity index is 1.31. The number of hydrogen-bond donors (Lipinski definition) is 0. The van der Waals surface area contributed by atoms with Gasteiger partial charge in [0.1, 0.15) is 18.0 Å². The average molecular weight is 565 g/mol. The van der Waals surface area contributed by atoms with Crippen LogP contribution in [0.25, 0.3) is 0 Å². The topological polar surface area (TPSA) is 61.8 Å². The van der Waals surface area contributed by atoms with E-state index in [4.69, 9.17) is 14.2 Å². The van der Waals surface area contributed by atoms with Gasteiger partial charge in [0.25, 0.3) is 0 Å². The van der Waals surface area contributed by atoms with Gasteiger partial charge in [-0.3, -0.25) is 0 Å². The van der Waals surface area contributed by atoms with E-state index in [2.05, 4.69) is 26.0 Å². The summed E-state index contributed by atoms with van der Waals surface area (Å²) >= 11 is 0. The van der Waals surface area contributed by atoms with Crippen molar-refractivity contribution in [2.75, 3.05) is 6.61 Å². The van der Waals surface area contributed by atoms with Gasteiger partial charge in [0.15, 0.2) is 12.3 Å². The van der Waals surface area contributed by atoms with Gasteiger partial charge in [0.05, 0.1) is 6.61 Å². The van der Waals surface area contributed by atoms with Crippen molar-refractivity contribution < 1.29 is 32.6 Å². The molecule has 0 amide bonds. The Morgan fingerprint density at radius 1 is 0.725 bits per heavy atom. The molecule has 0 radical (unpaired) electrons. The largest absolute Gasteiger partial charge is 0.493 e. The molecule has 40 heavy (non-hydrogen) atoms. The summed E-state index contributed by atoms with van der Waals surface area (Å²) in [4.78, 5) is 24.1. The van der Waals surface area contributed by atoms with Crippen molar-refractivity contribution in [1.82, 2.24) is 0 Å². The number of rotatable bonds is 16. The van der Waals surface area contributed by atoms with Gasteiger partial charge in [-0.05, 0) is 107 Å². The summed E-state index contributed by atoms with van der Waals surface area (Å²) < 4.78 is 45.0. The van der Waals surface area contributed by atoms with Crippen LogP contribution in [-0.2, 0) is 19.1 Å². The van der Waals surface area contributed by atoms with Gasteiger partial charge in [0.2, 0.25) is 0 Å². The molecule has 2 atom stereocenters. The van der Waals surface area contributed by atoms with Crippen LogP contribution in [0.15, 0.2) is 24.3 Å². The van der Waals surface area contributed by atoms with Gasteiger partial charge < -0.3 is 14.2 Å². The summed E-state index contributed by atoms with van der Waals surface area (Å²) in [6.45, 7) is 4.73. The predicted octanol–water partition coefficient (Wildman–Crippen LogP) is 8.57. The van der Waals surface area contributed by atoms with Gasteiger partial charge in [-0.15, -0.1) is 0 Å². The fraction of sp³-hybridized carbons (Fsp3) is 0.758. The SMILES string of the molecule is CCCCC[C@H](F)C(=O)O[C@H]1CC[C@H](COc2ccc([C@H]3CC[C@H](OC(=O)[C@@H](F)CCCCC)CC3)cc2)CC1. The molecule has 0 aromatic heterocycles. The van der Waals surface area contributed by atoms with E-state index in [9.17, 15) is 18.4 Å². The monoisotopic (exact) mass is 564 g/mol. The Morgan fingerprint density at radius 2 is 1.20 bits per heavy atom. The molecule has 2 fully saturated rings. The number of benzene rings is 1. The number of halogens is 2. The number of alkyl halides is 2. The summed E-state index contributed by atoms with van der Waals surface area (Å²) in [6, 6.07) is 8.25. The van der Waals surface area contributed by atoms with Gasteiger partial charge in [-0.1, -0.05) is 51.7 Å². The average Bonchev–Trinajstić information content (AvgIpc) is 2.97. The Bertz CT molecular complexity index is 860. The van der Waals surface area contributed by atoms with E-state index in [1.54, 1.807) is 0 Å². The van der Waals surface area contributed by atoms with Crippen LogP contribution in [0, 0.1) is 5.92 Å². The first kappa shape index (κ1) is 32.3. The first-order chi connectivity index (χ1) is 19.4. The number of ether oxygens (including phenoxy) is 3. The lowest BCUT2D eigenvalue weighted by molar-refractivity contribution is -0.158. The van der Waals surface area contributed by atoms with Crippen molar-refractivity contribution in [1.29, 1.82) is 0 Å². The molecule has 0 heterocycles. The molecule has 0 unspecified atom stereocenters. The van der Waals surface area contributed by atoms with E-state index in [0.717, 1.165) is 95.6 Å². The smallest absolute Gasteiger partial charge is 0.340 e. The minimum Gasteiger partial charge on any atom is -0.493 e. The highest BCUT2D eigenvalue weighted by Gasteiger charge is 2.29.